The Labute approximate surface area is 124 Å². The van der Waals surface area contributed by atoms with Crippen molar-refractivity contribution < 1.29 is 18.3 Å². The molecule has 0 spiro atoms. The molecular formula is C17H22F2O2. The Morgan fingerprint density at radius 3 is 2.38 bits per heavy atom. The van der Waals surface area contributed by atoms with Crippen molar-refractivity contribution in [2.75, 3.05) is 6.61 Å². The lowest BCUT2D eigenvalue weighted by Crippen LogP contribution is -2.42. The molecule has 1 aliphatic carbocycles. The first-order valence-corrected chi connectivity index (χ1v) is 7.68. The average Bonchev–Trinajstić information content (AvgIpc) is 2.70. The Morgan fingerprint density at radius 1 is 1.14 bits per heavy atom. The first kappa shape index (κ1) is 16.1. The van der Waals surface area contributed by atoms with Crippen LogP contribution in [0, 0.1) is 11.6 Å². The normalized spacial score (nSPS) is 18.2. The molecule has 2 rings (SSSR count). The van der Waals surface area contributed by atoms with E-state index in [4.69, 9.17) is 4.74 Å². The highest BCUT2D eigenvalue weighted by atomic mass is 19.2. The molecular weight excluding hydrogens is 274 g/mol. The van der Waals surface area contributed by atoms with Gasteiger partial charge < -0.3 is 4.74 Å². The molecule has 1 saturated carbocycles. The first-order chi connectivity index (χ1) is 10.1. The molecule has 0 saturated heterocycles. The maximum absolute atomic E-state index is 13.3. The molecule has 1 fully saturated rings. The molecule has 0 bridgehead atoms. The van der Waals surface area contributed by atoms with Crippen molar-refractivity contribution in [1.29, 1.82) is 0 Å². The molecule has 1 aliphatic rings. The maximum Gasteiger partial charge on any atom is 0.168 e. The largest absolute Gasteiger partial charge is 0.367 e. The fraction of sp³-hybridized carbons (Fsp3) is 0.588. The van der Waals surface area contributed by atoms with Gasteiger partial charge >= 0.3 is 0 Å². The Bertz CT molecular complexity index is 492. The van der Waals surface area contributed by atoms with E-state index in [9.17, 15) is 13.6 Å². The van der Waals surface area contributed by atoms with Gasteiger partial charge in [-0.05, 0) is 37.5 Å². The minimum atomic E-state index is -0.911. The molecule has 1 aromatic carbocycles. The predicted molar refractivity (Wildman–Crippen MR) is 77.1 cm³/mol. The summed E-state index contributed by atoms with van der Waals surface area (Å²) in [6.07, 6.45) is 5.73. The first-order valence-electron chi connectivity index (χ1n) is 7.68. The predicted octanol–water partition coefficient (Wildman–Crippen LogP) is 4.21. The van der Waals surface area contributed by atoms with Gasteiger partial charge in [-0.25, -0.2) is 8.78 Å². The van der Waals surface area contributed by atoms with E-state index in [0.29, 0.717) is 12.2 Å². The summed E-state index contributed by atoms with van der Waals surface area (Å²) in [5.41, 5.74) is -0.238. The quantitative estimate of drug-likeness (QED) is 0.761. The number of ether oxygens (including phenoxy) is 1. The van der Waals surface area contributed by atoms with E-state index in [-0.39, 0.29) is 12.2 Å². The second-order valence-electron chi connectivity index (χ2n) is 5.69. The van der Waals surface area contributed by atoms with Crippen LogP contribution in [-0.4, -0.2) is 18.0 Å². The number of ketones is 1. The monoisotopic (exact) mass is 296 g/mol. The fourth-order valence-corrected chi connectivity index (χ4v) is 3.08. The third-order valence-corrected chi connectivity index (χ3v) is 4.19. The lowest BCUT2D eigenvalue weighted by atomic mass is 9.86. The maximum atomic E-state index is 13.3. The molecule has 0 aliphatic heterocycles. The topological polar surface area (TPSA) is 26.3 Å². The summed E-state index contributed by atoms with van der Waals surface area (Å²) in [7, 11) is 0. The van der Waals surface area contributed by atoms with Gasteiger partial charge in [-0.3, -0.25) is 4.79 Å². The van der Waals surface area contributed by atoms with Crippen molar-refractivity contribution in [3.8, 4) is 0 Å². The van der Waals surface area contributed by atoms with Crippen LogP contribution in [0.2, 0.25) is 0 Å². The SMILES string of the molecule is CCOC1(C(=O)Cc2ccc(F)c(F)c2)CCCCCC1. The number of Topliss-reactive ketones (excluding diaryl/α,β-unsaturated/α-hetero) is 1. The number of carbonyl (C=O) groups is 1. The van der Waals surface area contributed by atoms with Crippen LogP contribution < -0.4 is 0 Å². The van der Waals surface area contributed by atoms with Gasteiger partial charge in [-0.1, -0.05) is 31.7 Å². The highest BCUT2D eigenvalue weighted by molar-refractivity contribution is 5.89. The van der Waals surface area contributed by atoms with Gasteiger partial charge in [0.2, 0.25) is 0 Å². The van der Waals surface area contributed by atoms with E-state index in [0.717, 1.165) is 50.7 Å². The molecule has 0 heterocycles. The third kappa shape index (κ3) is 3.88. The molecule has 4 heteroatoms. The third-order valence-electron chi connectivity index (χ3n) is 4.19. The van der Waals surface area contributed by atoms with Crippen LogP contribution in [-0.2, 0) is 16.0 Å². The van der Waals surface area contributed by atoms with E-state index < -0.39 is 17.2 Å². The molecule has 2 nitrogen and oxygen atoms in total. The van der Waals surface area contributed by atoms with Gasteiger partial charge in [0.25, 0.3) is 0 Å². The van der Waals surface area contributed by atoms with Crippen molar-refractivity contribution in [3.63, 3.8) is 0 Å². The van der Waals surface area contributed by atoms with Gasteiger partial charge in [0, 0.05) is 13.0 Å². The van der Waals surface area contributed by atoms with Crippen LogP contribution in [0.5, 0.6) is 0 Å². The second kappa shape index (κ2) is 7.12. The van der Waals surface area contributed by atoms with E-state index >= 15 is 0 Å². The molecule has 21 heavy (non-hydrogen) atoms. The summed E-state index contributed by atoms with van der Waals surface area (Å²) in [4.78, 5) is 12.7. The Hall–Kier alpha value is -1.29. The number of halogens is 2. The number of benzene rings is 1. The molecule has 0 atom stereocenters. The second-order valence-corrected chi connectivity index (χ2v) is 5.69. The summed E-state index contributed by atoms with van der Waals surface area (Å²) in [5.74, 6) is -1.82. The van der Waals surface area contributed by atoms with Crippen molar-refractivity contribution in [1.82, 2.24) is 0 Å². The van der Waals surface area contributed by atoms with Crippen molar-refractivity contribution in [2.45, 2.75) is 57.5 Å². The molecule has 0 radical (unpaired) electrons. The standard InChI is InChI=1S/C17H22F2O2/c1-2-21-17(9-5-3-4-6-10-17)16(20)12-13-7-8-14(18)15(19)11-13/h7-8,11H,2-6,9-10,12H2,1H3. The summed E-state index contributed by atoms with van der Waals surface area (Å²) in [6, 6.07) is 3.63. The molecule has 116 valence electrons. The summed E-state index contributed by atoms with van der Waals surface area (Å²) in [5, 5.41) is 0. The van der Waals surface area contributed by atoms with Gasteiger partial charge in [0.1, 0.15) is 5.60 Å². The van der Waals surface area contributed by atoms with Crippen LogP contribution in [0.25, 0.3) is 0 Å². The van der Waals surface area contributed by atoms with E-state index in [1.807, 2.05) is 6.92 Å². The average molecular weight is 296 g/mol. The van der Waals surface area contributed by atoms with Gasteiger partial charge in [0.05, 0.1) is 0 Å². The van der Waals surface area contributed by atoms with Gasteiger partial charge in [0.15, 0.2) is 17.4 Å². The molecule has 0 amide bonds. The zero-order chi connectivity index (χ0) is 15.3. The number of carbonyl (C=O) groups excluding carboxylic acids is 1. The summed E-state index contributed by atoms with van der Waals surface area (Å²) in [6.45, 7) is 2.38. The van der Waals surface area contributed by atoms with Crippen molar-refractivity contribution >= 4 is 5.78 Å². The van der Waals surface area contributed by atoms with Crippen molar-refractivity contribution in [3.05, 3.63) is 35.4 Å². The van der Waals surface area contributed by atoms with Gasteiger partial charge in [-0.15, -0.1) is 0 Å². The molecule has 0 N–H and O–H groups in total. The van der Waals surface area contributed by atoms with Crippen LogP contribution in [0.1, 0.15) is 51.0 Å². The summed E-state index contributed by atoms with van der Waals surface area (Å²) >= 11 is 0. The lowest BCUT2D eigenvalue weighted by Gasteiger charge is -2.31. The molecule has 0 aromatic heterocycles. The van der Waals surface area contributed by atoms with Crippen LogP contribution in [0.15, 0.2) is 18.2 Å². The fourth-order valence-electron chi connectivity index (χ4n) is 3.08. The van der Waals surface area contributed by atoms with E-state index in [1.54, 1.807) is 0 Å². The smallest absolute Gasteiger partial charge is 0.168 e. The summed E-state index contributed by atoms with van der Waals surface area (Å²) < 4.78 is 32.0. The van der Waals surface area contributed by atoms with E-state index in [2.05, 4.69) is 0 Å². The van der Waals surface area contributed by atoms with Gasteiger partial charge in [-0.2, -0.15) is 0 Å². The van der Waals surface area contributed by atoms with E-state index in [1.165, 1.54) is 6.07 Å². The lowest BCUT2D eigenvalue weighted by molar-refractivity contribution is -0.145. The minimum Gasteiger partial charge on any atom is -0.367 e. The highest BCUT2D eigenvalue weighted by Gasteiger charge is 2.38. The Balaban J connectivity index is 2.15. The molecule has 1 aromatic rings. The Kier molecular flexibility index (Phi) is 5.45. The number of rotatable bonds is 5. The van der Waals surface area contributed by atoms with Crippen LogP contribution in [0.4, 0.5) is 8.78 Å². The zero-order valence-electron chi connectivity index (χ0n) is 12.5. The zero-order valence-corrected chi connectivity index (χ0v) is 12.5. The molecule has 0 unspecified atom stereocenters. The minimum absolute atomic E-state index is 0.0164. The van der Waals surface area contributed by atoms with Crippen molar-refractivity contribution in [2.24, 2.45) is 0 Å². The Morgan fingerprint density at radius 2 is 1.81 bits per heavy atom. The number of hydrogen-bond donors (Lipinski definition) is 0. The van der Waals surface area contributed by atoms with Crippen LogP contribution >= 0.6 is 0 Å². The highest BCUT2D eigenvalue weighted by Crippen LogP contribution is 2.32. The number of hydrogen-bond acceptors (Lipinski definition) is 2. The van der Waals surface area contributed by atoms with Crippen LogP contribution in [0.3, 0.4) is 0 Å².